The average Bonchev–Trinajstić information content (AvgIpc) is 3.01. The fourth-order valence-corrected chi connectivity index (χ4v) is 2.24. The predicted molar refractivity (Wildman–Crippen MR) is 83.9 cm³/mol. The lowest BCUT2D eigenvalue weighted by atomic mass is 10.3. The number of carbonyl (C=O) groups excluding carboxylic acids is 1. The molecule has 3 rings (SSSR count). The largest absolute Gasteiger partial charge is 0.493 e. The molecule has 3 aromatic rings. The van der Waals surface area contributed by atoms with Gasteiger partial charge in [-0.3, -0.25) is 0 Å². The number of para-hydroxylation sites is 2. The number of esters is 1. The second-order valence-corrected chi connectivity index (χ2v) is 4.85. The Bertz CT molecular complexity index is 841. The van der Waals surface area contributed by atoms with E-state index < -0.39 is 0 Å². The fraction of sp³-hybridized carbons (Fsp3) is 0.176. The summed E-state index contributed by atoms with van der Waals surface area (Å²) in [4.78, 5) is 16.0. The number of aromatic nitrogens is 2. The molecule has 2 aromatic heterocycles. The third kappa shape index (κ3) is 3.11. The van der Waals surface area contributed by atoms with E-state index in [2.05, 4.69) is 4.98 Å². The van der Waals surface area contributed by atoms with Gasteiger partial charge in [-0.15, -0.1) is 0 Å². The van der Waals surface area contributed by atoms with Crippen LogP contribution in [0.4, 0.5) is 0 Å². The molecule has 0 saturated carbocycles. The maximum absolute atomic E-state index is 11.6. The molecule has 0 fully saturated rings. The molecule has 2 heterocycles. The Labute approximate surface area is 133 Å². The molecule has 0 aliphatic rings. The number of imidazole rings is 1. The first-order valence-corrected chi connectivity index (χ1v) is 7.03. The van der Waals surface area contributed by atoms with Gasteiger partial charge < -0.3 is 18.6 Å². The summed E-state index contributed by atoms with van der Waals surface area (Å²) in [5, 5.41) is 0. The van der Waals surface area contributed by atoms with Crippen LogP contribution in [-0.4, -0.2) is 29.6 Å². The Morgan fingerprint density at radius 3 is 2.61 bits per heavy atom. The Balaban J connectivity index is 1.79. The first-order valence-electron chi connectivity index (χ1n) is 7.03. The van der Waals surface area contributed by atoms with Gasteiger partial charge >= 0.3 is 5.97 Å². The summed E-state index contributed by atoms with van der Waals surface area (Å²) < 4.78 is 17.5. The van der Waals surface area contributed by atoms with Crippen LogP contribution < -0.4 is 9.47 Å². The van der Waals surface area contributed by atoms with Crippen molar-refractivity contribution in [2.45, 2.75) is 6.61 Å². The minimum absolute atomic E-state index is 0.301. The lowest BCUT2D eigenvalue weighted by Crippen LogP contribution is -2.02. The highest BCUT2D eigenvalue weighted by atomic mass is 16.5. The van der Waals surface area contributed by atoms with E-state index in [9.17, 15) is 4.79 Å². The summed E-state index contributed by atoms with van der Waals surface area (Å²) >= 11 is 0. The summed E-state index contributed by atoms with van der Waals surface area (Å²) in [7, 11) is 2.95. The summed E-state index contributed by atoms with van der Waals surface area (Å²) in [6.45, 7) is 0.301. The topological polar surface area (TPSA) is 62.1 Å². The van der Waals surface area contributed by atoms with Crippen molar-refractivity contribution in [1.82, 2.24) is 9.38 Å². The minimum atomic E-state index is -0.382. The van der Waals surface area contributed by atoms with Crippen molar-refractivity contribution >= 4 is 11.6 Å². The lowest BCUT2D eigenvalue weighted by Gasteiger charge is -2.08. The monoisotopic (exact) mass is 312 g/mol. The van der Waals surface area contributed by atoms with Gasteiger partial charge in [0.25, 0.3) is 0 Å². The van der Waals surface area contributed by atoms with E-state index >= 15 is 0 Å². The van der Waals surface area contributed by atoms with Crippen molar-refractivity contribution in [3.8, 4) is 11.5 Å². The standard InChI is InChI=1S/C17H16N2O4/c1-21-14-5-3-4-6-15(14)23-11-13-10-19-9-12(17(20)22-2)7-8-16(19)18-13/h3-10H,11H2,1-2H3. The Hall–Kier alpha value is -3.02. The molecule has 0 atom stereocenters. The second-order valence-electron chi connectivity index (χ2n) is 4.85. The highest BCUT2D eigenvalue weighted by molar-refractivity contribution is 5.89. The zero-order valence-electron chi connectivity index (χ0n) is 12.9. The van der Waals surface area contributed by atoms with E-state index in [0.29, 0.717) is 23.7 Å². The van der Waals surface area contributed by atoms with Crippen molar-refractivity contribution in [3.05, 3.63) is 60.0 Å². The summed E-state index contributed by atoms with van der Waals surface area (Å²) in [6.07, 6.45) is 3.50. The quantitative estimate of drug-likeness (QED) is 0.678. The molecule has 0 aliphatic carbocycles. The number of pyridine rings is 1. The van der Waals surface area contributed by atoms with Gasteiger partial charge in [-0.25, -0.2) is 9.78 Å². The number of benzene rings is 1. The first kappa shape index (κ1) is 14.9. The van der Waals surface area contributed by atoms with E-state index in [1.807, 2.05) is 30.5 Å². The highest BCUT2D eigenvalue weighted by Crippen LogP contribution is 2.26. The highest BCUT2D eigenvalue weighted by Gasteiger charge is 2.09. The molecule has 23 heavy (non-hydrogen) atoms. The average molecular weight is 312 g/mol. The van der Waals surface area contributed by atoms with Crippen LogP contribution in [0.15, 0.2) is 48.8 Å². The lowest BCUT2D eigenvalue weighted by molar-refractivity contribution is 0.0600. The van der Waals surface area contributed by atoms with Gasteiger partial charge in [0.15, 0.2) is 11.5 Å². The van der Waals surface area contributed by atoms with Gasteiger partial charge in [-0.05, 0) is 24.3 Å². The van der Waals surface area contributed by atoms with Crippen molar-refractivity contribution in [2.24, 2.45) is 0 Å². The zero-order chi connectivity index (χ0) is 16.2. The van der Waals surface area contributed by atoms with Crippen LogP contribution in [0.2, 0.25) is 0 Å². The molecule has 0 N–H and O–H groups in total. The van der Waals surface area contributed by atoms with Crippen LogP contribution in [0.3, 0.4) is 0 Å². The zero-order valence-corrected chi connectivity index (χ0v) is 12.9. The summed E-state index contributed by atoms with van der Waals surface area (Å²) in [5.74, 6) is 0.943. The van der Waals surface area contributed by atoms with Gasteiger partial charge in [0.1, 0.15) is 12.3 Å². The van der Waals surface area contributed by atoms with Crippen LogP contribution in [0.25, 0.3) is 5.65 Å². The molecule has 118 valence electrons. The number of nitrogens with zero attached hydrogens (tertiary/aromatic N) is 2. The van der Waals surface area contributed by atoms with Gasteiger partial charge in [-0.2, -0.15) is 0 Å². The number of fused-ring (bicyclic) bond motifs is 1. The van der Waals surface area contributed by atoms with Crippen LogP contribution in [-0.2, 0) is 11.3 Å². The maximum Gasteiger partial charge on any atom is 0.339 e. The third-order valence-electron chi connectivity index (χ3n) is 3.37. The molecule has 0 bridgehead atoms. The van der Waals surface area contributed by atoms with E-state index in [-0.39, 0.29) is 5.97 Å². The Morgan fingerprint density at radius 2 is 1.87 bits per heavy atom. The molecule has 0 aliphatic heterocycles. The molecule has 0 saturated heterocycles. The number of hydrogen-bond acceptors (Lipinski definition) is 5. The van der Waals surface area contributed by atoms with Crippen molar-refractivity contribution in [2.75, 3.05) is 14.2 Å². The number of hydrogen-bond donors (Lipinski definition) is 0. The summed E-state index contributed by atoms with van der Waals surface area (Å²) in [5.41, 5.74) is 1.95. The fourth-order valence-electron chi connectivity index (χ4n) is 2.24. The molecule has 0 amide bonds. The van der Waals surface area contributed by atoms with Gasteiger partial charge in [0.05, 0.1) is 25.5 Å². The van der Waals surface area contributed by atoms with Crippen molar-refractivity contribution < 1.29 is 19.0 Å². The SMILES string of the molecule is COC(=O)c1ccc2nc(COc3ccccc3OC)cn2c1. The minimum Gasteiger partial charge on any atom is -0.493 e. The smallest absolute Gasteiger partial charge is 0.339 e. The molecular weight excluding hydrogens is 296 g/mol. The van der Waals surface area contributed by atoms with Crippen LogP contribution in [0.1, 0.15) is 16.1 Å². The van der Waals surface area contributed by atoms with Crippen molar-refractivity contribution in [1.29, 1.82) is 0 Å². The molecule has 0 radical (unpaired) electrons. The first-order chi connectivity index (χ1) is 11.2. The van der Waals surface area contributed by atoms with Crippen LogP contribution in [0, 0.1) is 0 Å². The molecule has 0 spiro atoms. The Morgan fingerprint density at radius 1 is 1.09 bits per heavy atom. The molecule has 6 nitrogen and oxygen atoms in total. The molecule has 6 heteroatoms. The number of methoxy groups -OCH3 is 2. The van der Waals surface area contributed by atoms with Gasteiger partial charge in [0, 0.05) is 12.4 Å². The predicted octanol–water partition coefficient (Wildman–Crippen LogP) is 2.71. The maximum atomic E-state index is 11.6. The number of carbonyl (C=O) groups is 1. The van der Waals surface area contributed by atoms with Gasteiger partial charge in [0.2, 0.25) is 0 Å². The summed E-state index contributed by atoms with van der Waals surface area (Å²) in [6, 6.07) is 10.9. The van der Waals surface area contributed by atoms with E-state index in [1.54, 1.807) is 29.8 Å². The van der Waals surface area contributed by atoms with Crippen LogP contribution in [0.5, 0.6) is 11.5 Å². The number of ether oxygens (including phenoxy) is 3. The normalized spacial score (nSPS) is 10.5. The molecular formula is C17H16N2O4. The van der Waals surface area contributed by atoms with E-state index in [4.69, 9.17) is 14.2 Å². The second kappa shape index (κ2) is 6.39. The molecule has 0 unspecified atom stereocenters. The third-order valence-corrected chi connectivity index (χ3v) is 3.37. The van der Waals surface area contributed by atoms with E-state index in [0.717, 1.165) is 11.3 Å². The number of rotatable bonds is 5. The van der Waals surface area contributed by atoms with Gasteiger partial charge in [-0.1, -0.05) is 12.1 Å². The van der Waals surface area contributed by atoms with Crippen LogP contribution >= 0.6 is 0 Å². The molecule has 1 aromatic carbocycles. The van der Waals surface area contributed by atoms with Crippen molar-refractivity contribution in [3.63, 3.8) is 0 Å². The Kier molecular flexibility index (Phi) is 4.14. The van der Waals surface area contributed by atoms with E-state index in [1.165, 1.54) is 7.11 Å².